The van der Waals surface area contributed by atoms with Crippen molar-refractivity contribution in [2.45, 2.75) is 0 Å². The van der Waals surface area contributed by atoms with Gasteiger partial charge in [-0.3, -0.25) is 9.59 Å². The summed E-state index contributed by atoms with van der Waals surface area (Å²) in [5.74, 6) is -1.22. The Bertz CT molecular complexity index is 720. The quantitative estimate of drug-likeness (QED) is 0.733. The molecule has 0 fully saturated rings. The van der Waals surface area contributed by atoms with E-state index >= 15 is 0 Å². The zero-order valence-corrected chi connectivity index (χ0v) is 12.7. The summed E-state index contributed by atoms with van der Waals surface area (Å²) in [5, 5.41) is 14.4. The lowest BCUT2D eigenvalue weighted by Crippen LogP contribution is -2.34. The highest BCUT2D eigenvalue weighted by Gasteiger charge is 2.11. The van der Waals surface area contributed by atoms with Crippen LogP contribution in [-0.4, -0.2) is 30.0 Å². The van der Waals surface area contributed by atoms with Gasteiger partial charge in [0.2, 0.25) is 0 Å². The second-order valence-corrected chi connectivity index (χ2v) is 5.09. The van der Waals surface area contributed by atoms with Crippen LogP contribution in [0.2, 0.25) is 5.02 Å². The molecule has 0 heterocycles. The minimum absolute atomic E-state index is 0.0237. The normalized spacial score (nSPS) is 10.2. The SMILES string of the molecule is O=C(NCCNC(=O)c1ccc(F)cc1Cl)c1ccc(O)cc1. The second-order valence-electron chi connectivity index (χ2n) is 4.68. The first-order chi connectivity index (χ1) is 11.0. The largest absolute Gasteiger partial charge is 0.508 e. The minimum atomic E-state index is -0.521. The second kappa shape index (κ2) is 7.60. The van der Waals surface area contributed by atoms with E-state index in [9.17, 15) is 14.0 Å². The van der Waals surface area contributed by atoms with E-state index in [-0.39, 0.29) is 35.3 Å². The van der Waals surface area contributed by atoms with Crippen LogP contribution < -0.4 is 10.6 Å². The van der Waals surface area contributed by atoms with Gasteiger partial charge >= 0.3 is 0 Å². The van der Waals surface area contributed by atoms with Gasteiger partial charge in [0.25, 0.3) is 11.8 Å². The van der Waals surface area contributed by atoms with Gasteiger partial charge in [-0.2, -0.15) is 0 Å². The maximum absolute atomic E-state index is 12.9. The first-order valence-corrected chi connectivity index (χ1v) is 7.15. The topological polar surface area (TPSA) is 78.4 Å². The first-order valence-electron chi connectivity index (χ1n) is 6.78. The fourth-order valence-corrected chi connectivity index (χ4v) is 2.09. The molecule has 0 spiro atoms. The Balaban J connectivity index is 1.79. The predicted octanol–water partition coefficient (Wildman–Crippen LogP) is 2.34. The minimum Gasteiger partial charge on any atom is -0.508 e. The van der Waals surface area contributed by atoms with E-state index < -0.39 is 11.7 Å². The van der Waals surface area contributed by atoms with E-state index in [4.69, 9.17) is 16.7 Å². The van der Waals surface area contributed by atoms with Crippen LogP contribution >= 0.6 is 11.6 Å². The third-order valence-electron chi connectivity index (χ3n) is 3.00. The van der Waals surface area contributed by atoms with Crippen LogP contribution in [0.5, 0.6) is 5.75 Å². The fraction of sp³-hybridized carbons (Fsp3) is 0.125. The zero-order valence-electron chi connectivity index (χ0n) is 12.0. The summed E-state index contributed by atoms with van der Waals surface area (Å²) in [6, 6.07) is 9.29. The van der Waals surface area contributed by atoms with Gasteiger partial charge in [0.05, 0.1) is 10.6 Å². The van der Waals surface area contributed by atoms with Gasteiger partial charge in [0, 0.05) is 18.7 Å². The summed E-state index contributed by atoms with van der Waals surface area (Å²) in [4.78, 5) is 23.7. The van der Waals surface area contributed by atoms with E-state index in [0.717, 1.165) is 12.1 Å². The molecular weight excluding hydrogens is 323 g/mol. The lowest BCUT2D eigenvalue weighted by Gasteiger charge is -2.08. The monoisotopic (exact) mass is 336 g/mol. The Morgan fingerprint density at radius 1 is 1.00 bits per heavy atom. The number of nitrogens with one attached hydrogen (secondary N) is 2. The average Bonchev–Trinajstić information content (AvgIpc) is 2.51. The van der Waals surface area contributed by atoms with E-state index in [1.54, 1.807) is 0 Å². The van der Waals surface area contributed by atoms with E-state index in [0.29, 0.717) is 5.56 Å². The van der Waals surface area contributed by atoms with Crippen molar-refractivity contribution in [1.82, 2.24) is 10.6 Å². The molecule has 0 radical (unpaired) electrons. The van der Waals surface area contributed by atoms with Gasteiger partial charge in [-0.05, 0) is 42.5 Å². The highest BCUT2D eigenvalue weighted by Crippen LogP contribution is 2.16. The van der Waals surface area contributed by atoms with Crippen molar-refractivity contribution < 1.29 is 19.1 Å². The van der Waals surface area contributed by atoms with E-state index in [1.165, 1.54) is 30.3 Å². The van der Waals surface area contributed by atoms with Gasteiger partial charge in [-0.1, -0.05) is 11.6 Å². The Hall–Kier alpha value is -2.60. The number of hydrogen-bond acceptors (Lipinski definition) is 3. The maximum Gasteiger partial charge on any atom is 0.252 e. The zero-order chi connectivity index (χ0) is 16.8. The highest BCUT2D eigenvalue weighted by molar-refractivity contribution is 6.33. The van der Waals surface area contributed by atoms with Crippen LogP contribution in [0.25, 0.3) is 0 Å². The van der Waals surface area contributed by atoms with Crippen molar-refractivity contribution in [1.29, 1.82) is 0 Å². The molecule has 0 aliphatic heterocycles. The van der Waals surface area contributed by atoms with Gasteiger partial charge in [-0.15, -0.1) is 0 Å². The maximum atomic E-state index is 12.9. The summed E-state index contributed by atoms with van der Waals surface area (Å²) in [5.41, 5.74) is 0.564. The number of halogens is 2. The molecule has 2 aromatic carbocycles. The molecule has 2 amide bonds. The van der Waals surface area contributed by atoms with Gasteiger partial charge in [-0.25, -0.2) is 4.39 Å². The molecule has 7 heteroatoms. The molecule has 0 atom stereocenters. The molecule has 120 valence electrons. The van der Waals surface area contributed by atoms with Gasteiger partial charge < -0.3 is 15.7 Å². The number of hydrogen-bond donors (Lipinski definition) is 3. The van der Waals surface area contributed by atoms with Crippen LogP contribution in [-0.2, 0) is 0 Å². The Labute approximate surface area is 137 Å². The molecule has 0 aromatic heterocycles. The van der Waals surface area contributed by atoms with Crippen LogP contribution in [0.4, 0.5) is 4.39 Å². The highest BCUT2D eigenvalue weighted by atomic mass is 35.5. The molecule has 0 saturated carbocycles. The Morgan fingerprint density at radius 3 is 2.22 bits per heavy atom. The van der Waals surface area contributed by atoms with Crippen LogP contribution in [0.3, 0.4) is 0 Å². The number of carbonyl (C=O) groups is 2. The number of phenols is 1. The number of carbonyl (C=O) groups excluding carboxylic acids is 2. The number of amides is 2. The molecule has 2 aromatic rings. The lowest BCUT2D eigenvalue weighted by atomic mass is 10.2. The summed E-state index contributed by atoms with van der Waals surface area (Å²) in [6.45, 7) is 0.403. The third-order valence-corrected chi connectivity index (χ3v) is 3.31. The molecule has 0 unspecified atom stereocenters. The summed E-state index contributed by atoms with van der Waals surface area (Å²) < 4.78 is 12.9. The van der Waals surface area contributed by atoms with E-state index in [2.05, 4.69) is 10.6 Å². The standard InChI is InChI=1S/C16H14ClFN2O3/c17-14-9-11(18)3-6-13(14)16(23)20-8-7-19-15(22)10-1-4-12(21)5-2-10/h1-6,9,21H,7-8H2,(H,19,22)(H,20,23). The summed E-state index contributed by atoms with van der Waals surface area (Å²) in [7, 11) is 0. The number of rotatable bonds is 5. The van der Waals surface area contributed by atoms with Crippen molar-refractivity contribution in [3.05, 3.63) is 64.4 Å². The molecule has 23 heavy (non-hydrogen) atoms. The van der Waals surface area contributed by atoms with E-state index in [1.807, 2.05) is 0 Å². The Morgan fingerprint density at radius 2 is 1.61 bits per heavy atom. The first kappa shape index (κ1) is 16.8. The molecule has 0 bridgehead atoms. The molecule has 2 rings (SSSR count). The van der Waals surface area contributed by atoms with Gasteiger partial charge in [0.15, 0.2) is 0 Å². The van der Waals surface area contributed by atoms with Crippen molar-refractivity contribution in [2.75, 3.05) is 13.1 Å². The smallest absolute Gasteiger partial charge is 0.252 e. The molecule has 3 N–H and O–H groups in total. The lowest BCUT2D eigenvalue weighted by molar-refractivity contribution is 0.0927. The Kier molecular flexibility index (Phi) is 5.54. The molecule has 0 aliphatic carbocycles. The third kappa shape index (κ3) is 4.69. The fourth-order valence-electron chi connectivity index (χ4n) is 1.84. The van der Waals surface area contributed by atoms with Crippen LogP contribution in [0.1, 0.15) is 20.7 Å². The van der Waals surface area contributed by atoms with Gasteiger partial charge in [0.1, 0.15) is 11.6 Å². The molecule has 0 aliphatic rings. The van der Waals surface area contributed by atoms with Crippen molar-refractivity contribution >= 4 is 23.4 Å². The number of phenolic OH excluding ortho intramolecular Hbond substituents is 1. The van der Waals surface area contributed by atoms with Crippen LogP contribution in [0.15, 0.2) is 42.5 Å². The van der Waals surface area contributed by atoms with Crippen molar-refractivity contribution in [2.24, 2.45) is 0 Å². The summed E-state index contributed by atoms with van der Waals surface area (Å²) in [6.07, 6.45) is 0. The predicted molar refractivity (Wildman–Crippen MR) is 84.2 cm³/mol. The average molecular weight is 337 g/mol. The molecule has 0 saturated heterocycles. The summed E-state index contributed by atoms with van der Waals surface area (Å²) >= 11 is 5.79. The number of aromatic hydroxyl groups is 1. The molecular formula is C16H14ClFN2O3. The number of benzene rings is 2. The van der Waals surface area contributed by atoms with Crippen LogP contribution in [0, 0.1) is 5.82 Å². The van der Waals surface area contributed by atoms with Crippen molar-refractivity contribution in [3.63, 3.8) is 0 Å². The molecule has 5 nitrogen and oxygen atoms in total. The van der Waals surface area contributed by atoms with Crippen molar-refractivity contribution in [3.8, 4) is 5.75 Å².